The van der Waals surface area contributed by atoms with Crippen LogP contribution in [0, 0.1) is 0 Å². The molecule has 1 heterocycles. The Kier molecular flexibility index (Phi) is 9.38. The number of ether oxygens (including phenoxy) is 2. The Labute approximate surface area is 192 Å². The Hall–Kier alpha value is -2.57. The second kappa shape index (κ2) is 12.5. The van der Waals surface area contributed by atoms with Crippen molar-refractivity contribution in [1.29, 1.82) is 0 Å². The Balaban J connectivity index is 1.75. The molecule has 0 bridgehead atoms. The minimum Gasteiger partial charge on any atom is -0.490 e. The molecule has 174 valence electrons. The van der Waals surface area contributed by atoms with Crippen LogP contribution in [-0.2, 0) is 0 Å². The van der Waals surface area contributed by atoms with Crippen LogP contribution in [0.5, 0.6) is 11.5 Å². The van der Waals surface area contributed by atoms with E-state index in [0.29, 0.717) is 30.3 Å². The van der Waals surface area contributed by atoms with Crippen molar-refractivity contribution in [2.75, 3.05) is 53.0 Å². The molecule has 0 aromatic heterocycles. The van der Waals surface area contributed by atoms with Crippen molar-refractivity contribution < 1.29 is 14.3 Å². The third-order valence-electron chi connectivity index (χ3n) is 5.67. The molecule has 1 N–H and O–H groups in total. The summed E-state index contributed by atoms with van der Waals surface area (Å²) in [6.45, 7) is 10.2. The molecule has 1 atom stereocenters. The summed E-state index contributed by atoms with van der Waals surface area (Å²) in [5, 5.41) is 3.26. The van der Waals surface area contributed by atoms with Crippen LogP contribution in [0.25, 0.3) is 0 Å². The first kappa shape index (κ1) is 24.1. The maximum Gasteiger partial charge on any atom is 0.251 e. The standard InChI is InChI=1S/C26H37N3O3/c1-4-17-31-24-12-11-22(19-25(24)32-18-5-2)26(30)27-23(21-9-7-6-8-10-21)20-29-15-13-28(3)14-16-29/h6-12,19,23H,4-5,13-18,20H2,1-3H3,(H,27,30). The second-order valence-electron chi connectivity index (χ2n) is 8.40. The fourth-order valence-electron chi connectivity index (χ4n) is 3.76. The molecule has 2 aromatic carbocycles. The van der Waals surface area contributed by atoms with Crippen molar-refractivity contribution in [2.24, 2.45) is 0 Å². The molecule has 1 aliphatic heterocycles. The van der Waals surface area contributed by atoms with E-state index in [4.69, 9.17) is 9.47 Å². The number of hydrogen-bond donors (Lipinski definition) is 1. The number of nitrogens with one attached hydrogen (secondary N) is 1. The third-order valence-corrected chi connectivity index (χ3v) is 5.67. The van der Waals surface area contributed by atoms with Gasteiger partial charge in [0.15, 0.2) is 11.5 Å². The van der Waals surface area contributed by atoms with Crippen molar-refractivity contribution in [3.63, 3.8) is 0 Å². The van der Waals surface area contributed by atoms with E-state index < -0.39 is 0 Å². The first-order valence-electron chi connectivity index (χ1n) is 11.8. The molecule has 6 nitrogen and oxygen atoms in total. The van der Waals surface area contributed by atoms with Crippen LogP contribution in [0.1, 0.15) is 48.7 Å². The molecule has 32 heavy (non-hydrogen) atoms. The van der Waals surface area contributed by atoms with Gasteiger partial charge in [-0.1, -0.05) is 44.2 Å². The molecule has 6 heteroatoms. The number of rotatable bonds is 11. The van der Waals surface area contributed by atoms with E-state index >= 15 is 0 Å². The van der Waals surface area contributed by atoms with Crippen molar-refractivity contribution in [3.05, 3.63) is 59.7 Å². The van der Waals surface area contributed by atoms with Crippen molar-refractivity contribution in [1.82, 2.24) is 15.1 Å². The van der Waals surface area contributed by atoms with Crippen LogP contribution in [0.4, 0.5) is 0 Å². The zero-order valence-corrected chi connectivity index (χ0v) is 19.7. The Morgan fingerprint density at radius 2 is 1.59 bits per heavy atom. The van der Waals surface area contributed by atoms with E-state index in [-0.39, 0.29) is 11.9 Å². The average Bonchev–Trinajstić information content (AvgIpc) is 2.83. The molecule has 1 aliphatic rings. The van der Waals surface area contributed by atoms with E-state index in [2.05, 4.69) is 48.1 Å². The molecule has 1 unspecified atom stereocenters. The molecule has 0 saturated carbocycles. The normalized spacial score (nSPS) is 15.8. The number of likely N-dealkylation sites (N-methyl/N-ethyl adjacent to an activating group) is 1. The maximum absolute atomic E-state index is 13.2. The van der Waals surface area contributed by atoms with Gasteiger partial charge in [0.05, 0.1) is 19.3 Å². The van der Waals surface area contributed by atoms with E-state index in [1.807, 2.05) is 30.3 Å². The van der Waals surface area contributed by atoms with Gasteiger partial charge in [0.25, 0.3) is 5.91 Å². The van der Waals surface area contributed by atoms with E-state index in [1.165, 1.54) is 0 Å². The SMILES string of the molecule is CCCOc1ccc(C(=O)NC(CN2CCN(C)CC2)c2ccccc2)cc1OCCC. The Morgan fingerprint density at radius 1 is 0.938 bits per heavy atom. The fourth-order valence-corrected chi connectivity index (χ4v) is 3.76. The van der Waals surface area contributed by atoms with Gasteiger partial charge in [-0.2, -0.15) is 0 Å². The van der Waals surface area contributed by atoms with E-state index in [0.717, 1.165) is 51.1 Å². The van der Waals surface area contributed by atoms with Gasteiger partial charge in [0.1, 0.15) is 0 Å². The highest BCUT2D eigenvalue weighted by Crippen LogP contribution is 2.29. The predicted molar refractivity (Wildman–Crippen MR) is 129 cm³/mol. The van der Waals surface area contributed by atoms with Crippen LogP contribution in [0.3, 0.4) is 0 Å². The second-order valence-corrected chi connectivity index (χ2v) is 8.40. The summed E-state index contributed by atoms with van der Waals surface area (Å²) in [4.78, 5) is 18.0. The van der Waals surface area contributed by atoms with Gasteiger partial charge < -0.3 is 19.7 Å². The Morgan fingerprint density at radius 3 is 2.25 bits per heavy atom. The lowest BCUT2D eigenvalue weighted by Crippen LogP contribution is -2.47. The van der Waals surface area contributed by atoms with Gasteiger partial charge in [0, 0.05) is 38.3 Å². The minimum atomic E-state index is -0.101. The largest absolute Gasteiger partial charge is 0.490 e. The summed E-state index contributed by atoms with van der Waals surface area (Å²) < 4.78 is 11.7. The molecule has 0 radical (unpaired) electrons. The molecular formula is C26H37N3O3. The lowest BCUT2D eigenvalue weighted by atomic mass is 10.0. The van der Waals surface area contributed by atoms with Gasteiger partial charge in [-0.3, -0.25) is 9.69 Å². The highest BCUT2D eigenvalue weighted by Gasteiger charge is 2.22. The summed E-state index contributed by atoms with van der Waals surface area (Å²) in [5.74, 6) is 1.22. The van der Waals surface area contributed by atoms with E-state index in [1.54, 1.807) is 6.07 Å². The van der Waals surface area contributed by atoms with Crippen LogP contribution < -0.4 is 14.8 Å². The van der Waals surface area contributed by atoms with E-state index in [9.17, 15) is 4.79 Å². The van der Waals surface area contributed by atoms with Gasteiger partial charge in [-0.15, -0.1) is 0 Å². The zero-order chi connectivity index (χ0) is 22.8. The number of piperazine rings is 1. The minimum absolute atomic E-state index is 0.0804. The molecule has 2 aromatic rings. The smallest absolute Gasteiger partial charge is 0.251 e. The number of amides is 1. The number of hydrogen-bond acceptors (Lipinski definition) is 5. The summed E-state index contributed by atoms with van der Waals surface area (Å²) in [6.07, 6.45) is 1.81. The van der Waals surface area contributed by atoms with Gasteiger partial charge in [0.2, 0.25) is 0 Å². The van der Waals surface area contributed by atoms with Crippen molar-refractivity contribution >= 4 is 5.91 Å². The highest BCUT2D eigenvalue weighted by molar-refractivity contribution is 5.95. The lowest BCUT2D eigenvalue weighted by Gasteiger charge is -2.35. The van der Waals surface area contributed by atoms with Crippen molar-refractivity contribution in [3.8, 4) is 11.5 Å². The fraction of sp³-hybridized carbons (Fsp3) is 0.500. The van der Waals surface area contributed by atoms with Crippen LogP contribution >= 0.6 is 0 Å². The summed E-state index contributed by atoms with van der Waals surface area (Å²) >= 11 is 0. The highest BCUT2D eigenvalue weighted by atomic mass is 16.5. The van der Waals surface area contributed by atoms with Gasteiger partial charge >= 0.3 is 0 Å². The topological polar surface area (TPSA) is 54.0 Å². The molecular weight excluding hydrogens is 402 g/mol. The summed E-state index contributed by atoms with van der Waals surface area (Å²) in [6, 6.07) is 15.6. The molecule has 1 fully saturated rings. The quantitative estimate of drug-likeness (QED) is 0.574. The monoisotopic (exact) mass is 439 g/mol. The molecule has 0 spiro atoms. The van der Waals surface area contributed by atoms with Crippen LogP contribution in [0.2, 0.25) is 0 Å². The molecule has 3 rings (SSSR count). The van der Waals surface area contributed by atoms with Gasteiger partial charge in [-0.05, 0) is 43.7 Å². The first-order valence-corrected chi connectivity index (χ1v) is 11.8. The number of carbonyl (C=O) groups excluding carboxylic acids is 1. The summed E-state index contributed by atoms with van der Waals surface area (Å²) in [5.41, 5.74) is 1.70. The molecule has 1 saturated heterocycles. The number of nitrogens with zero attached hydrogens (tertiary/aromatic N) is 2. The maximum atomic E-state index is 13.2. The zero-order valence-electron chi connectivity index (χ0n) is 19.7. The summed E-state index contributed by atoms with van der Waals surface area (Å²) in [7, 11) is 2.15. The van der Waals surface area contributed by atoms with Crippen LogP contribution in [0.15, 0.2) is 48.5 Å². The lowest BCUT2D eigenvalue weighted by molar-refractivity contribution is 0.0906. The molecule has 0 aliphatic carbocycles. The average molecular weight is 440 g/mol. The number of benzene rings is 2. The first-order chi connectivity index (χ1) is 15.6. The van der Waals surface area contributed by atoms with Gasteiger partial charge in [-0.25, -0.2) is 0 Å². The van der Waals surface area contributed by atoms with Crippen LogP contribution in [-0.4, -0.2) is 68.7 Å². The van der Waals surface area contributed by atoms with Crippen molar-refractivity contribution in [2.45, 2.75) is 32.7 Å². The molecule has 1 amide bonds. The predicted octanol–water partition coefficient (Wildman–Crippen LogP) is 3.98. The third kappa shape index (κ3) is 6.97. The Bertz CT molecular complexity index is 835. The number of carbonyl (C=O) groups is 1.